The van der Waals surface area contributed by atoms with E-state index in [4.69, 9.17) is 0 Å². The SMILES string of the molecule is C=C1CCCN1[C@@H](CC)C(=O)CC(=O)C1CCC(CCCC)CC1.C=C1CCCN1[C@@H](CC)C(=O)CC(=O)C1CCC(CCCC)CC1.C=C1CCCN1[C@@H](CC)C(=O)CC(=O)C1CCC(CCCC)CC1.C=C1CCCN1[C@@H](CC)C(=O)CC(=O)C1CCC(CCCC)CC1.C=C1CCCN1[C@@H](CC)C(=O)CC(=O)CC[C@@H](CC)CCCC.C=C1CCCN1[C@@H](CC)C(=O)CC(=O)CC[C@H](CC)CCCC. The summed E-state index contributed by atoms with van der Waals surface area (Å²) < 4.78 is 0. The number of nitrogens with zero attached hydrogens (tertiary/aromatic N) is 6. The second-order valence-corrected chi connectivity index (χ2v) is 44.9. The maximum atomic E-state index is 12.7. The Bertz CT molecular complexity index is 3450. The minimum atomic E-state index is -0.143. The number of unbranched alkanes of at least 4 members (excludes halogenated alkanes) is 6. The molecule has 6 aliphatic heterocycles. The van der Waals surface area contributed by atoms with Crippen molar-refractivity contribution in [1.82, 2.24) is 29.4 Å². The first-order valence-corrected chi connectivity index (χ1v) is 59.3. The van der Waals surface area contributed by atoms with Gasteiger partial charge in [0.15, 0.2) is 34.7 Å². The van der Waals surface area contributed by atoms with Gasteiger partial charge in [0.25, 0.3) is 0 Å². The Balaban J connectivity index is 0.000000300. The van der Waals surface area contributed by atoms with Crippen molar-refractivity contribution in [2.75, 3.05) is 39.3 Å². The van der Waals surface area contributed by atoms with Crippen LogP contribution in [0.25, 0.3) is 0 Å². The van der Waals surface area contributed by atoms with E-state index in [1.54, 1.807) is 0 Å². The van der Waals surface area contributed by atoms with Crippen molar-refractivity contribution in [2.45, 2.75) is 544 Å². The van der Waals surface area contributed by atoms with Gasteiger partial charge in [-0.1, -0.05) is 265 Å². The summed E-state index contributed by atoms with van der Waals surface area (Å²) in [4.78, 5) is 163. The summed E-state index contributed by atoms with van der Waals surface area (Å²) in [5.41, 5.74) is 6.39. The lowest BCUT2D eigenvalue weighted by molar-refractivity contribution is -0.133. The number of hydrogen-bond acceptors (Lipinski definition) is 18. The van der Waals surface area contributed by atoms with E-state index < -0.39 is 0 Å². The van der Waals surface area contributed by atoms with E-state index in [0.717, 1.165) is 290 Å². The maximum absolute atomic E-state index is 12.7. The Labute approximate surface area is 867 Å². The summed E-state index contributed by atoms with van der Waals surface area (Å²) in [5.74, 6) is 6.63. The molecule has 0 aromatic heterocycles. The highest BCUT2D eigenvalue weighted by Gasteiger charge is 2.40. The lowest BCUT2D eigenvalue weighted by Crippen LogP contribution is -2.39. The Morgan fingerprint density at radius 3 is 0.556 bits per heavy atom. The summed E-state index contributed by atoms with van der Waals surface area (Å²) in [6.07, 6.45) is 63.1. The van der Waals surface area contributed by atoms with Crippen LogP contribution in [0.2, 0.25) is 0 Å². The van der Waals surface area contributed by atoms with Crippen LogP contribution in [-0.2, 0) is 57.5 Å². The monoisotopic (exact) mass is 1980 g/mol. The number of carbonyl (C=O) groups is 12. The second kappa shape index (κ2) is 71.0. The van der Waals surface area contributed by atoms with Gasteiger partial charge in [-0.15, -0.1) is 0 Å². The van der Waals surface area contributed by atoms with Crippen LogP contribution in [0.4, 0.5) is 0 Å². The average Bonchev–Trinajstić information content (AvgIpc) is 1.67. The minimum absolute atomic E-state index is 0.0853. The number of carbonyl (C=O) groups excluding carboxylic acids is 12. The fraction of sp³-hybridized carbons (Fsp3) is 0.806. The molecule has 0 amide bonds. The van der Waals surface area contributed by atoms with Gasteiger partial charge in [-0.25, -0.2) is 0 Å². The highest BCUT2D eigenvalue weighted by molar-refractivity contribution is 6.05. The molecule has 4 aliphatic carbocycles. The number of allylic oxidation sites excluding steroid dienone is 6. The van der Waals surface area contributed by atoms with Crippen molar-refractivity contribution in [3.05, 3.63) is 73.7 Å². The molecule has 8 atom stereocenters. The van der Waals surface area contributed by atoms with Gasteiger partial charge >= 0.3 is 0 Å². The zero-order chi connectivity index (χ0) is 105. The molecule has 6 heterocycles. The molecule has 6 saturated heterocycles. The normalized spacial score (nSPS) is 23.0. The van der Waals surface area contributed by atoms with E-state index in [1.165, 1.54) is 167 Å². The van der Waals surface area contributed by atoms with E-state index in [-0.39, 0.29) is 168 Å². The predicted molar refractivity (Wildman–Crippen MR) is 588 cm³/mol. The third-order valence-electron chi connectivity index (χ3n) is 34.4. The molecular weight excluding hydrogens is 1770 g/mol. The molecular formula is C124H210N6O12. The van der Waals surface area contributed by atoms with Gasteiger partial charge in [0.1, 0.15) is 34.7 Å². The number of rotatable bonds is 60. The fourth-order valence-electron chi connectivity index (χ4n) is 24.9. The van der Waals surface area contributed by atoms with Crippen molar-refractivity contribution >= 4 is 69.4 Å². The summed E-state index contributed by atoms with van der Waals surface area (Å²) >= 11 is 0. The number of hydrogen-bond donors (Lipinski definition) is 0. The van der Waals surface area contributed by atoms with E-state index in [1.807, 2.05) is 41.5 Å². The van der Waals surface area contributed by atoms with E-state index in [0.29, 0.717) is 24.7 Å². The molecule has 10 rings (SSSR count). The smallest absolute Gasteiger partial charge is 0.162 e. The third kappa shape index (κ3) is 43.6. The maximum Gasteiger partial charge on any atom is 0.162 e. The lowest BCUT2D eigenvalue weighted by atomic mass is 9.77. The van der Waals surface area contributed by atoms with Crippen LogP contribution < -0.4 is 0 Å². The molecule has 0 aromatic carbocycles. The average molecular weight is 1980 g/mol. The zero-order valence-corrected chi connectivity index (χ0v) is 93.6. The van der Waals surface area contributed by atoms with Gasteiger partial charge in [0.05, 0.1) is 74.8 Å². The quantitative estimate of drug-likeness (QED) is 0.0516. The Morgan fingerprint density at radius 1 is 0.232 bits per heavy atom. The lowest BCUT2D eigenvalue weighted by Gasteiger charge is -2.30. The summed E-state index contributed by atoms with van der Waals surface area (Å²) in [6.45, 7) is 59.8. The molecule has 808 valence electrons. The van der Waals surface area contributed by atoms with Gasteiger partial charge in [-0.05, 0) is 267 Å². The van der Waals surface area contributed by atoms with Crippen LogP contribution in [0.3, 0.4) is 0 Å². The Kier molecular flexibility index (Phi) is 62.9. The molecule has 0 unspecified atom stereocenters. The van der Waals surface area contributed by atoms with Crippen LogP contribution in [0.1, 0.15) is 508 Å². The highest BCUT2D eigenvalue weighted by atomic mass is 16.2. The van der Waals surface area contributed by atoms with Crippen LogP contribution >= 0.6 is 0 Å². The molecule has 142 heavy (non-hydrogen) atoms. The van der Waals surface area contributed by atoms with E-state index >= 15 is 0 Å². The van der Waals surface area contributed by atoms with Crippen molar-refractivity contribution in [2.24, 2.45) is 59.2 Å². The Morgan fingerprint density at radius 2 is 0.408 bits per heavy atom. The first-order chi connectivity index (χ1) is 68.3. The van der Waals surface area contributed by atoms with Gasteiger partial charge in [-0.3, -0.25) is 57.5 Å². The zero-order valence-electron chi connectivity index (χ0n) is 93.6. The van der Waals surface area contributed by atoms with Crippen molar-refractivity contribution in [3.8, 4) is 0 Å². The number of ketones is 12. The van der Waals surface area contributed by atoms with Gasteiger partial charge in [-0.2, -0.15) is 0 Å². The first kappa shape index (κ1) is 126. The van der Waals surface area contributed by atoms with Crippen LogP contribution in [0, 0.1) is 59.2 Å². The van der Waals surface area contributed by atoms with Crippen LogP contribution in [-0.4, -0.2) is 174 Å². The van der Waals surface area contributed by atoms with E-state index in [2.05, 4.69) is 124 Å². The van der Waals surface area contributed by atoms with Gasteiger partial charge < -0.3 is 29.4 Å². The molecule has 18 heteroatoms. The highest BCUT2D eigenvalue weighted by Crippen LogP contribution is 2.40. The van der Waals surface area contributed by atoms with Crippen molar-refractivity contribution in [3.63, 3.8) is 0 Å². The topological polar surface area (TPSA) is 224 Å². The molecule has 0 aromatic rings. The van der Waals surface area contributed by atoms with Crippen molar-refractivity contribution in [1.29, 1.82) is 0 Å². The number of likely N-dealkylation sites (tertiary alicyclic amines) is 6. The number of Topliss-reactive ketones (excluding diaryl/α,β-unsaturated/α-hetero) is 12. The van der Waals surface area contributed by atoms with Gasteiger partial charge in [0, 0.05) is 110 Å². The van der Waals surface area contributed by atoms with Crippen molar-refractivity contribution < 1.29 is 57.5 Å². The Hall–Kier alpha value is -6.72. The third-order valence-corrected chi connectivity index (χ3v) is 34.4. The van der Waals surface area contributed by atoms with Gasteiger partial charge in [0.2, 0.25) is 0 Å². The molecule has 0 bridgehead atoms. The largest absolute Gasteiger partial charge is 0.365 e. The standard InChI is InChI=1S/4C21H35NO2.2C20H35NO2/c4*1-4-6-9-17-10-12-18(13-11-17)20(23)15-21(24)19(5-2)22-14-7-8-16(22)3;2*1-5-8-11-17(6-2)12-13-18(22)15-20(23)19(7-3)21-14-9-10-16(21)4/h4*17-19H,3-15H2,1-2H3;2*17,19H,4-15H2,1-3H3/t4*17?,18?,19-;17-,19+;17-,19-/m000010/s1. The molecule has 0 N–H and O–H groups in total. The van der Waals surface area contributed by atoms with Crippen LogP contribution in [0.15, 0.2) is 73.7 Å². The molecule has 4 saturated carbocycles. The summed E-state index contributed by atoms with van der Waals surface area (Å²) in [5, 5.41) is 0. The molecule has 10 aliphatic rings. The summed E-state index contributed by atoms with van der Waals surface area (Å²) in [7, 11) is 0. The molecule has 0 spiro atoms. The predicted octanol–water partition coefficient (Wildman–Crippen LogP) is 29.4. The van der Waals surface area contributed by atoms with E-state index in [9.17, 15) is 57.5 Å². The molecule has 18 nitrogen and oxygen atoms in total. The first-order valence-electron chi connectivity index (χ1n) is 59.3. The second-order valence-electron chi connectivity index (χ2n) is 44.9. The molecule has 10 fully saturated rings. The fourth-order valence-corrected chi connectivity index (χ4v) is 24.9. The molecule has 0 radical (unpaired) electrons. The van der Waals surface area contributed by atoms with Crippen LogP contribution in [0.5, 0.6) is 0 Å². The minimum Gasteiger partial charge on any atom is -0.365 e. The summed E-state index contributed by atoms with van der Waals surface area (Å²) in [6, 6.07) is -0.823.